The van der Waals surface area contributed by atoms with Gasteiger partial charge in [0, 0.05) is 19.7 Å². The van der Waals surface area contributed by atoms with Crippen LogP contribution in [0.1, 0.15) is 5.56 Å². The Morgan fingerprint density at radius 1 is 1.40 bits per heavy atom. The smallest absolute Gasteiger partial charge is 0.203 e. The highest BCUT2D eigenvalue weighted by Crippen LogP contribution is 2.05. The third kappa shape index (κ3) is 3.46. The Kier molecular flexibility index (Phi) is 4.41. The maximum Gasteiger partial charge on any atom is 0.203 e. The summed E-state index contributed by atoms with van der Waals surface area (Å²) in [5, 5.41) is 2.78. The van der Waals surface area contributed by atoms with Gasteiger partial charge >= 0.3 is 0 Å². The molecular weight excluding hydrogens is 190 g/mol. The van der Waals surface area contributed by atoms with Crippen LogP contribution in [0.25, 0.3) is 0 Å². The van der Waals surface area contributed by atoms with E-state index in [2.05, 4.69) is 5.32 Å². The van der Waals surface area contributed by atoms with Crippen LogP contribution in [0, 0.1) is 0 Å². The van der Waals surface area contributed by atoms with E-state index in [0.29, 0.717) is 12.2 Å². The second kappa shape index (κ2) is 5.86. The molecule has 0 spiro atoms. The Bertz CT molecular complexity index is 344. The molecule has 0 aromatic heterocycles. The summed E-state index contributed by atoms with van der Waals surface area (Å²) in [5.41, 5.74) is 0.988. The molecular formula is C12H15NO2. The van der Waals surface area contributed by atoms with Crippen LogP contribution in [0.5, 0.6) is 0 Å². The van der Waals surface area contributed by atoms with Crippen molar-refractivity contribution in [3.63, 3.8) is 0 Å². The molecule has 1 rings (SSSR count). The van der Waals surface area contributed by atoms with Gasteiger partial charge in [-0.25, -0.2) is 0 Å². The molecule has 0 aliphatic carbocycles. The van der Waals surface area contributed by atoms with E-state index in [1.807, 2.05) is 30.3 Å². The van der Waals surface area contributed by atoms with E-state index in [4.69, 9.17) is 4.74 Å². The molecule has 0 fully saturated rings. The fourth-order valence-corrected chi connectivity index (χ4v) is 1.25. The number of ketones is 1. The SMILES string of the molecule is CNC=C(OC)C(=O)Cc1ccccc1. The van der Waals surface area contributed by atoms with Crippen molar-refractivity contribution < 1.29 is 9.53 Å². The van der Waals surface area contributed by atoms with Crippen molar-refractivity contribution in [2.45, 2.75) is 6.42 Å². The normalized spacial score (nSPS) is 10.9. The summed E-state index contributed by atoms with van der Waals surface area (Å²) in [4.78, 5) is 11.7. The number of hydrogen-bond acceptors (Lipinski definition) is 3. The van der Waals surface area contributed by atoms with Crippen molar-refractivity contribution in [1.29, 1.82) is 0 Å². The fourth-order valence-electron chi connectivity index (χ4n) is 1.25. The van der Waals surface area contributed by atoms with Crippen LogP contribution in [0.4, 0.5) is 0 Å². The molecule has 1 aromatic carbocycles. The molecule has 0 radical (unpaired) electrons. The number of rotatable bonds is 5. The van der Waals surface area contributed by atoms with Gasteiger partial charge in [-0.15, -0.1) is 0 Å². The largest absolute Gasteiger partial charge is 0.492 e. The van der Waals surface area contributed by atoms with Gasteiger partial charge in [-0.1, -0.05) is 30.3 Å². The second-order valence-corrected chi connectivity index (χ2v) is 3.09. The molecule has 1 N–H and O–H groups in total. The first-order chi connectivity index (χ1) is 7.27. The lowest BCUT2D eigenvalue weighted by molar-refractivity contribution is -0.117. The average molecular weight is 205 g/mol. The fraction of sp³-hybridized carbons (Fsp3) is 0.250. The molecule has 3 nitrogen and oxygen atoms in total. The summed E-state index contributed by atoms with van der Waals surface area (Å²) in [5.74, 6) is 0.319. The Morgan fingerprint density at radius 2 is 2.07 bits per heavy atom. The van der Waals surface area contributed by atoms with E-state index >= 15 is 0 Å². The van der Waals surface area contributed by atoms with Crippen LogP contribution < -0.4 is 5.32 Å². The predicted octanol–water partition coefficient (Wildman–Crippen LogP) is 1.51. The molecule has 0 saturated carbocycles. The Balaban J connectivity index is 2.67. The molecule has 0 saturated heterocycles. The Morgan fingerprint density at radius 3 is 2.60 bits per heavy atom. The van der Waals surface area contributed by atoms with E-state index < -0.39 is 0 Å². The molecule has 0 amide bonds. The number of carbonyl (C=O) groups is 1. The summed E-state index contributed by atoms with van der Waals surface area (Å²) < 4.78 is 4.97. The van der Waals surface area contributed by atoms with Crippen molar-refractivity contribution in [1.82, 2.24) is 5.32 Å². The minimum Gasteiger partial charge on any atom is -0.492 e. The van der Waals surface area contributed by atoms with Gasteiger partial charge in [0.25, 0.3) is 0 Å². The first-order valence-electron chi connectivity index (χ1n) is 4.76. The number of nitrogens with one attached hydrogen (secondary N) is 1. The van der Waals surface area contributed by atoms with Gasteiger partial charge in [0.05, 0.1) is 7.11 Å². The van der Waals surface area contributed by atoms with Crippen LogP contribution in [0.15, 0.2) is 42.3 Å². The van der Waals surface area contributed by atoms with Gasteiger partial charge in [-0.3, -0.25) is 4.79 Å². The number of methoxy groups -OCH3 is 1. The third-order valence-electron chi connectivity index (χ3n) is 1.98. The van der Waals surface area contributed by atoms with E-state index in [-0.39, 0.29) is 5.78 Å². The number of allylic oxidation sites excluding steroid dienone is 1. The predicted molar refractivity (Wildman–Crippen MR) is 59.3 cm³/mol. The van der Waals surface area contributed by atoms with Gasteiger partial charge < -0.3 is 10.1 Å². The first kappa shape index (κ1) is 11.3. The van der Waals surface area contributed by atoms with Crippen LogP contribution in [-0.2, 0) is 16.0 Å². The lowest BCUT2D eigenvalue weighted by atomic mass is 10.1. The number of benzene rings is 1. The Hall–Kier alpha value is -1.77. The lowest BCUT2D eigenvalue weighted by Gasteiger charge is -2.05. The number of carbonyl (C=O) groups excluding carboxylic acids is 1. The highest BCUT2D eigenvalue weighted by Gasteiger charge is 2.09. The molecule has 0 bridgehead atoms. The number of Topliss-reactive ketones (excluding diaryl/α,β-unsaturated/α-hetero) is 1. The molecule has 0 aliphatic heterocycles. The van der Waals surface area contributed by atoms with E-state index in [9.17, 15) is 4.79 Å². The van der Waals surface area contributed by atoms with Gasteiger partial charge in [0.15, 0.2) is 5.76 Å². The molecule has 0 aliphatic rings. The molecule has 0 heterocycles. The topological polar surface area (TPSA) is 38.3 Å². The maximum atomic E-state index is 11.7. The van der Waals surface area contributed by atoms with E-state index in [1.54, 1.807) is 13.2 Å². The van der Waals surface area contributed by atoms with Crippen molar-refractivity contribution in [3.8, 4) is 0 Å². The molecule has 15 heavy (non-hydrogen) atoms. The molecule has 3 heteroatoms. The quantitative estimate of drug-likeness (QED) is 0.585. The highest BCUT2D eigenvalue weighted by atomic mass is 16.5. The monoisotopic (exact) mass is 205 g/mol. The standard InChI is InChI=1S/C12H15NO2/c1-13-9-12(15-2)11(14)8-10-6-4-3-5-7-10/h3-7,9,13H,8H2,1-2H3. The average Bonchev–Trinajstić information content (AvgIpc) is 2.27. The maximum absolute atomic E-state index is 11.7. The minimum atomic E-state index is -0.0296. The van der Waals surface area contributed by atoms with Gasteiger partial charge in [-0.05, 0) is 5.56 Å². The van der Waals surface area contributed by atoms with Gasteiger partial charge in [-0.2, -0.15) is 0 Å². The summed E-state index contributed by atoms with van der Waals surface area (Å²) in [6, 6.07) is 9.59. The lowest BCUT2D eigenvalue weighted by Crippen LogP contribution is -2.11. The zero-order chi connectivity index (χ0) is 11.1. The molecule has 80 valence electrons. The van der Waals surface area contributed by atoms with E-state index in [0.717, 1.165) is 5.56 Å². The van der Waals surface area contributed by atoms with Gasteiger partial charge in [0.2, 0.25) is 5.78 Å². The Labute approximate surface area is 89.8 Å². The summed E-state index contributed by atoms with van der Waals surface area (Å²) in [7, 11) is 3.22. The number of hydrogen-bond donors (Lipinski definition) is 1. The van der Waals surface area contributed by atoms with Crippen LogP contribution >= 0.6 is 0 Å². The third-order valence-corrected chi connectivity index (χ3v) is 1.98. The van der Waals surface area contributed by atoms with Crippen molar-refractivity contribution in [2.75, 3.05) is 14.2 Å². The molecule has 0 unspecified atom stereocenters. The first-order valence-corrected chi connectivity index (χ1v) is 4.76. The van der Waals surface area contributed by atoms with Crippen LogP contribution in [0.3, 0.4) is 0 Å². The highest BCUT2D eigenvalue weighted by molar-refractivity contribution is 5.94. The van der Waals surface area contributed by atoms with Gasteiger partial charge in [0.1, 0.15) is 0 Å². The summed E-state index contributed by atoms with van der Waals surface area (Å²) >= 11 is 0. The van der Waals surface area contributed by atoms with Crippen molar-refractivity contribution in [2.24, 2.45) is 0 Å². The molecule has 1 aromatic rings. The second-order valence-electron chi connectivity index (χ2n) is 3.09. The summed E-state index contributed by atoms with van der Waals surface area (Å²) in [6.07, 6.45) is 1.92. The van der Waals surface area contributed by atoms with E-state index in [1.165, 1.54) is 7.11 Å². The van der Waals surface area contributed by atoms with Crippen LogP contribution in [-0.4, -0.2) is 19.9 Å². The minimum absolute atomic E-state index is 0.0296. The van der Waals surface area contributed by atoms with Crippen molar-refractivity contribution in [3.05, 3.63) is 47.9 Å². The van der Waals surface area contributed by atoms with Crippen LogP contribution in [0.2, 0.25) is 0 Å². The van der Waals surface area contributed by atoms with Crippen molar-refractivity contribution >= 4 is 5.78 Å². The summed E-state index contributed by atoms with van der Waals surface area (Å²) in [6.45, 7) is 0. The zero-order valence-corrected chi connectivity index (χ0v) is 8.99. The molecule has 0 atom stereocenters. The number of ether oxygens (including phenoxy) is 1. The zero-order valence-electron chi connectivity index (χ0n) is 8.99.